The van der Waals surface area contributed by atoms with Gasteiger partial charge >= 0.3 is 0 Å². The number of likely N-dealkylation sites (tertiary alicyclic amines) is 1. The molecule has 1 aliphatic heterocycles. The van der Waals surface area contributed by atoms with Gasteiger partial charge in [-0.05, 0) is 39.0 Å². The molecule has 1 aliphatic carbocycles. The van der Waals surface area contributed by atoms with E-state index in [9.17, 15) is 0 Å². The lowest BCUT2D eigenvalue weighted by Gasteiger charge is -2.45. The minimum Gasteiger partial charge on any atom is -0.411 e. The van der Waals surface area contributed by atoms with Crippen LogP contribution in [0.2, 0.25) is 0 Å². The molecule has 3 heteroatoms. The number of fused-ring (bicyclic) bond motifs is 1. The minimum absolute atomic E-state index is 0.153. The van der Waals surface area contributed by atoms with Crippen molar-refractivity contribution in [2.75, 3.05) is 0 Å². The zero-order valence-electron chi connectivity index (χ0n) is 12.0. The highest BCUT2D eigenvalue weighted by Crippen LogP contribution is 2.62. The summed E-state index contributed by atoms with van der Waals surface area (Å²) < 4.78 is 0. The van der Waals surface area contributed by atoms with Crippen molar-refractivity contribution in [2.45, 2.75) is 72.0 Å². The van der Waals surface area contributed by atoms with Crippen molar-refractivity contribution in [1.29, 1.82) is 0 Å². The molecule has 2 aliphatic rings. The number of hydrogen-bond acceptors (Lipinski definition) is 3. The van der Waals surface area contributed by atoms with E-state index in [0.29, 0.717) is 12.1 Å². The second kappa shape index (κ2) is 3.47. The normalized spacial score (nSPS) is 38.7. The van der Waals surface area contributed by atoms with E-state index in [-0.39, 0.29) is 16.4 Å². The lowest BCUT2D eigenvalue weighted by molar-refractivity contribution is 0.0362. The van der Waals surface area contributed by atoms with E-state index in [1.807, 2.05) is 0 Å². The molecular weight excluding hydrogens is 212 g/mol. The monoisotopic (exact) mass is 238 g/mol. The summed E-state index contributed by atoms with van der Waals surface area (Å²) in [6.45, 7) is 13.8. The molecule has 1 saturated carbocycles. The lowest BCUT2D eigenvalue weighted by atomic mass is 9.80. The lowest BCUT2D eigenvalue weighted by Crippen LogP contribution is -2.51. The molecule has 1 heterocycles. The van der Waals surface area contributed by atoms with Crippen molar-refractivity contribution in [3.05, 3.63) is 0 Å². The SMILES string of the molecule is CC(C)(C)C1C[C@@]2(/C=N/O)C[C@H]2N1C(C)(C)C. The van der Waals surface area contributed by atoms with E-state index in [0.717, 1.165) is 12.8 Å². The molecule has 2 fully saturated rings. The van der Waals surface area contributed by atoms with Crippen molar-refractivity contribution < 1.29 is 5.21 Å². The molecular formula is C14H26N2O. The number of piperidine rings is 1. The van der Waals surface area contributed by atoms with Gasteiger partial charge in [0, 0.05) is 23.0 Å². The highest BCUT2D eigenvalue weighted by Gasteiger charge is 2.67. The topological polar surface area (TPSA) is 35.8 Å². The number of nitrogens with zero attached hydrogens (tertiary/aromatic N) is 2. The Morgan fingerprint density at radius 1 is 1.18 bits per heavy atom. The fourth-order valence-corrected chi connectivity index (χ4v) is 3.54. The summed E-state index contributed by atoms with van der Waals surface area (Å²) >= 11 is 0. The fourth-order valence-electron chi connectivity index (χ4n) is 3.54. The second-order valence-electron chi connectivity index (χ2n) is 7.86. The molecule has 0 bridgehead atoms. The highest BCUT2D eigenvalue weighted by atomic mass is 16.4. The summed E-state index contributed by atoms with van der Waals surface area (Å²) in [6, 6.07) is 1.14. The van der Waals surface area contributed by atoms with E-state index >= 15 is 0 Å². The van der Waals surface area contributed by atoms with Gasteiger partial charge in [0.25, 0.3) is 0 Å². The van der Waals surface area contributed by atoms with Gasteiger partial charge in [-0.25, -0.2) is 0 Å². The van der Waals surface area contributed by atoms with E-state index < -0.39 is 0 Å². The molecule has 98 valence electrons. The number of rotatable bonds is 1. The van der Waals surface area contributed by atoms with Gasteiger partial charge in [-0.2, -0.15) is 0 Å². The fraction of sp³-hybridized carbons (Fsp3) is 0.929. The summed E-state index contributed by atoms with van der Waals surface area (Å²) in [7, 11) is 0. The average molecular weight is 238 g/mol. The average Bonchev–Trinajstić information content (AvgIpc) is 2.67. The summed E-state index contributed by atoms with van der Waals surface area (Å²) in [5.74, 6) is 0. The first-order valence-corrected chi connectivity index (χ1v) is 6.59. The third kappa shape index (κ3) is 1.99. The molecule has 0 spiro atoms. The van der Waals surface area contributed by atoms with Crippen LogP contribution in [-0.2, 0) is 0 Å². The van der Waals surface area contributed by atoms with Gasteiger partial charge in [0.1, 0.15) is 0 Å². The maximum Gasteiger partial charge on any atom is 0.0514 e. The minimum atomic E-state index is 0.153. The van der Waals surface area contributed by atoms with E-state index in [2.05, 4.69) is 51.6 Å². The van der Waals surface area contributed by atoms with Crippen LogP contribution in [0.15, 0.2) is 5.16 Å². The number of oxime groups is 1. The molecule has 0 aromatic rings. The first-order valence-electron chi connectivity index (χ1n) is 6.59. The Labute approximate surface area is 105 Å². The number of hydrogen-bond donors (Lipinski definition) is 1. The van der Waals surface area contributed by atoms with Crippen molar-refractivity contribution in [3.8, 4) is 0 Å². The molecule has 0 radical (unpaired) electrons. The van der Waals surface area contributed by atoms with Crippen molar-refractivity contribution >= 4 is 6.21 Å². The Bertz CT molecular complexity index is 337. The van der Waals surface area contributed by atoms with E-state index in [1.54, 1.807) is 6.21 Å². The van der Waals surface area contributed by atoms with Crippen LogP contribution in [-0.4, -0.2) is 33.9 Å². The summed E-state index contributed by atoms with van der Waals surface area (Å²) in [5.41, 5.74) is 0.612. The van der Waals surface area contributed by atoms with Crippen LogP contribution in [0, 0.1) is 10.8 Å². The van der Waals surface area contributed by atoms with Crippen LogP contribution < -0.4 is 0 Å². The van der Waals surface area contributed by atoms with Gasteiger partial charge in [0.2, 0.25) is 0 Å². The maximum absolute atomic E-state index is 8.85. The Kier molecular flexibility index (Phi) is 2.63. The van der Waals surface area contributed by atoms with Gasteiger partial charge in [-0.1, -0.05) is 20.8 Å². The molecule has 0 aromatic carbocycles. The first-order chi connectivity index (χ1) is 7.62. The quantitative estimate of drug-likeness (QED) is 0.433. The largest absolute Gasteiger partial charge is 0.411 e. The Hall–Kier alpha value is -0.570. The maximum atomic E-state index is 8.85. The molecule has 1 unspecified atom stereocenters. The summed E-state index contributed by atoms with van der Waals surface area (Å²) in [4.78, 5) is 2.65. The van der Waals surface area contributed by atoms with Gasteiger partial charge in [0.15, 0.2) is 0 Å². The summed E-state index contributed by atoms with van der Waals surface area (Å²) in [6.07, 6.45) is 4.06. The second-order valence-corrected chi connectivity index (χ2v) is 7.86. The van der Waals surface area contributed by atoms with Crippen molar-refractivity contribution in [1.82, 2.24) is 4.90 Å². The molecule has 0 amide bonds. The van der Waals surface area contributed by atoms with Gasteiger partial charge in [-0.15, -0.1) is 5.16 Å². The molecule has 2 rings (SSSR count). The zero-order valence-corrected chi connectivity index (χ0v) is 12.0. The molecule has 1 saturated heterocycles. The van der Waals surface area contributed by atoms with Crippen LogP contribution in [0.5, 0.6) is 0 Å². The van der Waals surface area contributed by atoms with Gasteiger partial charge < -0.3 is 5.21 Å². The predicted molar refractivity (Wildman–Crippen MR) is 70.6 cm³/mol. The van der Waals surface area contributed by atoms with Crippen LogP contribution in [0.25, 0.3) is 0 Å². The molecule has 3 nitrogen and oxygen atoms in total. The smallest absolute Gasteiger partial charge is 0.0514 e. The molecule has 3 atom stereocenters. The Morgan fingerprint density at radius 2 is 1.76 bits per heavy atom. The summed E-state index contributed by atoms with van der Waals surface area (Å²) in [5, 5.41) is 12.2. The predicted octanol–water partition coefficient (Wildman–Crippen LogP) is 3.12. The third-order valence-electron chi connectivity index (χ3n) is 4.41. The van der Waals surface area contributed by atoms with Crippen LogP contribution >= 0.6 is 0 Å². The molecule has 0 aromatic heterocycles. The van der Waals surface area contributed by atoms with Crippen LogP contribution in [0.4, 0.5) is 0 Å². The van der Waals surface area contributed by atoms with E-state index in [1.165, 1.54) is 0 Å². The van der Waals surface area contributed by atoms with E-state index in [4.69, 9.17) is 5.21 Å². The van der Waals surface area contributed by atoms with Crippen LogP contribution in [0.1, 0.15) is 54.4 Å². The van der Waals surface area contributed by atoms with Gasteiger partial charge in [-0.3, -0.25) is 4.90 Å². The first kappa shape index (κ1) is 12.9. The Balaban J connectivity index is 2.30. The third-order valence-corrected chi connectivity index (χ3v) is 4.41. The Morgan fingerprint density at radius 3 is 2.12 bits per heavy atom. The zero-order chi connectivity index (χ0) is 13.1. The molecule has 1 N–H and O–H groups in total. The molecule has 17 heavy (non-hydrogen) atoms. The van der Waals surface area contributed by atoms with Crippen LogP contribution in [0.3, 0.4) is 0 Å². The highest BCUT2D eigenvalue weighted by molar-refractivity contribution is 5.72. The van der Waals surface area contributed by atoms with Crippen molar-refractivity contribution in [3.63, 3.8) is 0 Å². The van der Waals surface area contributed by atoms with Gasteiger partial charge in [0.05, 0.1) is 6.21 Å². The standard InChI is InChI=1S/C14H26N2O/c1-12(2,3)10-7-14(9-15-17)8-11(14)16(10)13(4,5)6/h9-11,17H,7-8H2,1-6H3/b15-9+/t10?,11-,14+/m1/s1. The van der Waals surface area contributed by atoms with Crippen molar-refractivity contribution in [2.24, 2.45) is 16.0 Å².